The molecule has 2 heteroatoms. The van der Waals surface area contributed by atoms with Gasteiger partial charge in [-0.05, 0) is 16.2 Å². The van der Waals surface area contributed by atoms with E-state index in [2.05, 4.69) is 62.4 Å². The zero-order valence-electron chi connectivity index (χ0n) is 11.2. The van der Waals surface area contributed by atoms with Gasteiger partial charge in [0.15, 0.2) is 0 Å². The van der Waals surface area contributed by atoms with Gasteiger partial charge < -0.3 is 0 Å². The lowest BCUT2D eigenvalue weighted by Crippen LogP contribution is -2.33. The van der Waals surface area contributed by atoms with Crippen molar-refractivity contribution in [1.29, 1.82) is 0 Å². The topological polar surface area (TPSA) is 0 Å². The molecule has 0 amide bonds. The van der Waals surface area contributed by atoms with E-state index in [4.69, 9.17) is 11.6 Å². The molecule has 0 fully saturated rings. The molecule has 0 nitrogen and oxygen atoms in total. The Hall–Kier alpha value is -1.05. The summed E-state index contributed by atoms with van der Waals surface area (Å²) in [4.78, 5) is -0.443. The summed E-state index contributed by atoms with van der Waals surface area (Å²) in [6.45, 7) is 4.48. The van der Waals surface area contributed by atoms with Crippen LogP contribution in [-0.4, -0.2) is 10.2 Å². The van der Waals surface area contributed by atoms with Crippen LogP contribution in [0.25, 0.3) is 0 Å². The highest BCUT2D eigenvalue weighted by Gasteiger charge is 2.42. The van der Waals surface area contributed by atoms with E-state index in [9.17, 15) is 0 Å². The lowest BCUT2D eigenvalue weighted by atomic mass is 9.80. The summed E-state index contributed by atoms with van der Waals surface area (Å²) in [6, 6.07) is 20.8. The van der Waals surface area contributed by atoms with Gasteiger partial charge >= 0.3 is 0 Å². The van der Waals surface area contributed by atoms with E-state index in [1.807, 2.05) is 12.1 Å². The van der Waals surface area contributed by atoms with Gasteiger partial charge in [0.1, 0.15) is 0 Å². The highest BCUT2D eigenvalue weighted by Crippen LogP contribution is 2.52. The van der Waals surface area contributed by atoms with Gasteiger partial charge in [0.2, 0.25) is 0 Å². The van der Waals surface area contributed by atoms with Crippen molar-refractivity contribution in [2.45, 2.75) is 23.8 Å². The minimum Gasteiger partial charge on any atom is -0.109 e. The molecule has 0 saturated heterocycles. The molecule has 0 atom stereocenters. The first-order chi connectivity index (χ1) is 8.46. The highest BCUT2D eigenvalue weighted by molar-refractivity contribution is 6.32. The zero-order valence-corrected chi connectivity index (χ0v) is 13.9. The maximum Gasteiger partial charge on any atom is 0.0962 e. The van der Waals surface area contributed by atoms with Crippen molar-refractivity contribution in [3.63, 3.8) is 0 Å². The third-order valence-corrected chi connectivity index (χ3v) is 5.45. The summed E-state index contributed by atoms with van der Waals surface area (Å²) in [5.74, 6) is 0. The van der Waals surface area contributed by atoms with Gasteiger partial charge in [-0.1, -0.05) is 74.5 Å². The van der Waals surface area contributed by atoms with Crippen LogP contribution < -0.4 is 0 Å². The monoisotopic (exact) mass is 274 g/mol. The fourth-order valence-corrected chi connectivity index (χ4v) is 3.20. The number of rotatable bonds is 3. The first-order valence-electron chi connectivity index (χ1n) is 6.26. The van der Waals surface area contributed by atoms with Crippen LogP contribution in [0.15, 0.2) is 60.7 Å². The van der Waals surface area contributed by atoms with Crippen molar-refractivity contribution >= 4 is 21.8 Å². The molecule has 0 saturated carbocycles. The van der Waals surface area contributed by atoms with Crippen LogP contribution >= 0.6 is 11.6 Å². The van der Waals surface area contributed by atoms with Gasteiger partial charge in [-0.25, -0.2) is 0 Å². The summed E-state index contributed by atoms with van der Waals surface area (Å²) < 4.78 is 0. The van der Waals surface area contributed by atoms with Crippen LogP contribution in [0.5, 0.6) is 0 Å². The van der Waals surface area contributed by atoms with E-state index in [1.165, 1.54) is 11.1 Å². The van der Waals surface area contributed by atoms with Crippen LogP contribution in [0.4, 0.5) is 0 Å². The van der Waals surface area contributed by atoms with Crippen molar-refractivity contribution in [3.05, 3.63) is 71.8 Å². The molecule has 0 N–H and O–H groups in total. The molecule has 2 aromatic carbocycles. The molecule has 2 rings (SSSR count). The maximum absolute atomic E-state index is 7.10. The summed E-state index contributed by atoms with van der Waals surface area (Å²) >= 11 is 7.10. The fourth-order valence-electron chi connectivity index (χ4n) is 2.37. The minimum atomic E-state index is -0.443. The van der Waals surface area contributed by atoms with Crippen molar-refractivity contribution in [2.24, 2.45) is 0 Å². The normalized spacial score (nSPS) is 12.6. The van der Waals surface area contributed by atoms with E-state index < -0.39 is 4.87 Å². The highest BCUT2D eigenvalue weighted by atomic mass is 35.5. The van der Waals surface area contributed by atoms with E-state index in [-0.39, 0.29) is 5.04 Å². The lowest BCUT2D eigenvalue weighted by Gasteiger charge is -2.40. The Labute approximate surface area is 117 Å². The third-order valence-electron chi connectivity index (χ3n) is 3.38. The zero-order chi connectivity index (χ0) is 13.2. The van der Waals surface area contributed by atoms with Crippen molar-refractivity contribution in [3.8, 4) is 0 Å². The molecule has 0 spiro atoms. The fraction of sp³-hybridized carbons (Fsp3) is 0.250. The van der Waals surface area contributed by atoms with Crippen LogP contribution in [0.2, 0.25) is 5.04 Å². The van der Waals surface area contributed by atoms with Gasteiger partial charge in [0, 0.05) is 10.2 Å². The predicted octanol–water partition coefficient (Wildman–Crippen LogP) is 3.73. The molecule has 0 unspecified atom stereocenters. The van der Waals surface area contributed by atoms with Crippen molar-refractivity contribution in [1.82, 2.24) is 0 Å². The maximum atomic E-state index is 7.10. The Balaban J connectivity index is 2.63. The van der Waals surface area contributed by atoms with Gasteiger partial charge in [-0.3, -0.25) is 0 Å². The molecule has 0 heterocycles. The van der Waals surface area contributed by atoms with Crippen LogP contribution in [0.1, 0.15) is 25.0 Å². The second kappa shape index (κ2) is 4.91. The van der Waals surface area contributed by atoms with Gasteiger partial charge in [-0.2, -0.15) is 0 Å². The largest absolute Gasteiger partial charge is 0.109 e. The summed E-state index contributed by atoms with van der Waals surface area (Å²) in [5.41, 5.74) is 2.36. The molecule has 0 bridgehead atoms. The van der Waals surface area contributed by atoms with Crippen molar-refractivity contribution in [2.75, 3.05) is 0 Å². The van der Waals surface area contributed by atoms with E-state index in [0.717, 1.165) is 10.2 Å². The molecule has 0 aromatic heterocycles. The van der Waals surface area contributed by atoms with Gasteiger partial charge in [0.05, 0.1) is 4.87 Å². The molecule has 94 valence electrons. The van der Waals surface area contributed by atoms with Gasteiger partial charge in [-0.15, -0.1) is 11.6 Å². The summed E-state index contributed by atoms with van der Waals surface area (Å²) in [7, 11) is 1.02. The smallest absolute Gasteiger partial charge is 0.0962 e. The Bertz CT molecular complexity index is 460. The van der Waals surface area contributed by atoms with E-state index >= 15 is 0 Å². The number of hydrogen-bond donors (Lipinski definition) is 0. The lowest BCUT2D eigenvalue weighted by molar-refractivity contribution is 0.531. The Morgan fingerprint density at radius 1 is 0.778 bits per heavy atom. The second-order valence-corrected chi connectivity index (χ2v) is 8.71. The average Bonchev–Trinajstić information content (AvgIpc) is 2.38. The molecule has 0 aliphatic carbocycles. The Kier molecular flexibility index (Phi) is 3.65. The molecule has 0 aliphatic heterocycles. The quantitative estimate of drug-likeness (QED) is 0.591. The molecular weight excluding hydrogens is 256 g/mol. The Morgan fingerprint density at radius 2 is 1.11 bits per heavy atom. The van der Waals surface area contributed by atoms with E-state index in [1.54, 1.807) is 0 Å². The van der Waals surface area contributed by atoms with Crippen LogP contribution in [0, 0.1) is 0 Å². The SMILES string of the molecule is CC(C)([SiH3])C(Cl)(c1ccccc1)c1ccccc1. The molecule has 0 aliphatic rings. The number of benzene rings is 2. The van der Waals surface area contributed by atoms with Gasteiger partial charge in [0.25, 0.3) is 0 Å². The first-order valence-corrected chi connectivity index (χ1v) is 7.64. The third kappa shape index (κ3) is 2.25. The number of hydrogen-bond acceptors (Lipinski definition) is 0. The van der Waals surface area contributed by atoms with Crippen molar-refractivity contribution < 1.29 is 0 Å². The summed E-state index contributed by atoms with van der Waals surface area (Å²) in [6.07, 6.45) is 0. The van der Waals surface area contributed by atoms with Crippen LogP contribution in [0.3, 0.4) is 0 Å². The predicted molar refractivity (Wildman–Crippen MR) is 83.5 cm³/mol. The molecule has 2 aromatic rings. The number of alkyl halides is 1. The molecule has 0 radical (unpaired) electrons. The van der Waals surface area contributed by atoms with Crippen LogP contribution in [-0.2, 0) is 4.87 Å². The number of halogens is 1. The van der Waals surface area contributed by atoms with E-state index in [0.29, 0.717) is 0 Å². The minimum absolute atomic E-state index is 0.0667. The first kappa shape index (κ1) is 13.4. The second-order valence-electron chi connectivity index (χ2n) is 5.64. The summed E-state index contributed by atoms with van der Waals surface area (Å²) in [5, 5.41) is 0.0667. The Morgan fingerprint density at radius 3 is 1.39 bits per heavy atom. The average molecular weight is 275 g/mol. The molecular formula is C16H19ClSi. The standard InChI is InChI=1S/C16H19ClSi/c1-15(2,18)16(17,13-9-5-3-6-10-13)14-11-7-4-8-12-14/h3-12H,1-2,18H3. The molecule has 18 heavy (non-hydrogen) atoms.